The zero-order valence-corrected chi connectivity index (χ0v) is 23.1. The van der Waals surface area contributed by atoms with E-state index in [1.165, 1.54) is 0 Å². The second kappa shape index (κ2) is 10.5. The maximum absolute atomic E-state index is 13.1. The van der Waals surface area contributed by atoms with Gasteiger partial charge in [-0.25, -0.2) is 0 Å². The third-order valence-electron chi connectivity index (χ3n) is 6.49. The van der Waals surface area contributed by atoms with Crippen LogP contribution in [0.15, 0.2) is 30.5 Å². The summed E-state index contributed by atoms with van der Waals surface area (Å²) in [7, 11) is 0. The van der Waals surface area contributed by atoms with Gasteiger partial charge < -0.3 is 0 Å². The number of alkyl halides is 2. The van der Waals surface area contributed by atoms with Crippen molar-refractivity contribution in [3.8, 4) is 0 Å². The van der Waals surface area contributed by atoms with Crippen LogP contribution in [0.2, 0.25) is 5.02 Å². The van der Waals surface area contributed by atoms with Crippen LogP contribution in [0.4, 0.5) is 5.69 Å². The Hall–Kier alpha value is -1.75. The molecule has 1 N–H and O–H groups in total. The number of anilines is 1. The topological polar surface area (TPSA) is 74.8 Å². The molecule has 184 valence electrons. The second-order valence-electron chi connectivity index (χ2n) is 9.18. The van der Waals surface area contributed by atoms with E-state index in [-0.39, 0.29) is 11.8 Å². The van der Waals surface area contributed by atoms with Crippen molar-refractivity contribution in [2.75, 3.05) is 34.5 Å². The van der Waals surface area contributed by atoms with E-state index in [1.807, 2.05) is 32.9 Å². The molecule has 9 heteroatoms. The molecule has 3 heterocycles. The van der Waals surface area contributed by atoms with Gasteiger partial charge in [-0.2, -0.15) is 0 Å². The van der Waals surface area contributed by atoms with E-state index in [1.54, 1.807) is 18.3 Å². The molecular formula is C25H32ClIN4O3. The molecule has 2 saturated heterocycles. The zero-order valence-electron chi connectivity index (χ0n) is 20.2. The second-order valence-corrected chi connectivity index (χ2v) is 14.6. The van der Waals surface area contributed by atoms with Crippen LogP contribution < -0.4 is 5.32 Å². The molecular weight excluding hydrogens is 567 g/mol. The van der Waals surface area contributed by atoms with Crippen LogP contribution in [-0.2, 0) is 16.1 Å². The first-order valence-corrected chi connectivity index (χ1v) is 16.5. The van der Waals surface area contributed by atoms with Gasteiger partial charge in [0, 0.05) is 0 Å². The Labute approximate surface area is 213 Å². The molecule has 2 aliphatic rings. The Balaban J connectivity index is 1.43. The summed E-state index contributed by atoms with van der Waals surface area (Å²) in [4.78, 5) is 34.7. The summed E-state index contributed by atoms with van der Waals surface area (Å²) in [5.74, 6) is -0.0348. The fourth-order valence-electron chi connectivity index (χ4n) is 4.37. The van der Waals surface area contributed by atoms with E-state index >= 15 is 0 Å². The predicted octanol–water partition coefficient (Wildman–Crippen LogP) is 4.83. The summed E-state index contributed by atoms with van der Waals surface area (Å²) in [6, 6.07) is 7.35. The number of amides is 2. The molecule has 0 aliphatic carbocycles. The fraction of sp³-hybridized carbons (Fsp3) is 0.480. The van der Waals surface area contributed by atoms with Gasteiger partial charge in [0.05, 0.1) is 0 Å². The number of nitrogens with zero attached hydrogens (tertiary/aromatic N) is 3. The third-order valence-corrected chi connectivity index (χ3v) is 11.6. The summed E-state index contributed by atoms with van der Waals surface area (Å²) in [5, 5.41) is 3.58. The van der Waals surface area contributed by atoms with Crippen LogP contribution in [0.3, 0.4) is 0 Å². The minimum atomic E-state index is -1.65. The summed E-state index contributed by atoms with van der Waals surface area (Å²) >= 11 is 4.78. The van der Waals surface area contributed by atoms with Gasteiger partial charge in [0.25, 0.3) is 0 Å². The quantitative estimate of drug-likeness (QED) is 0.231. The molecule has 2 aliphatic heterocycles. The molecule has 0 bridgehead atoms. The van der Waals surface area contributed by atoms with Crippen molar-refractivity contribution in [1.29, 1.82) is 0 Å². The number of ether oxygens (including phenoxy) is 1. The molecule has 0 radical (unpaired) electrons. The van der Waals surface area contributed by atoms with E-state index in [2.05, 4.69) is 23.2 Å². The Morgan fingerprint density at radius 3 is 2.71 bits per heavy atom. The number of rotatable bonds is 5. The van der Waals surface area contributed by atoms with Crippen molar-refractivity contribution in [2.24, 2.45) is 0 Å². The number of pyridine rings is 1. The first-order chi connectivity index (χ1) is 16.2. The van der Waals surface area contributed by atoms with E-state index in [0.717, 1.165) is 53.8 Å². The number of halogens is 2. The van der Waals surface area contributed by atoms with Gasteiger partial charge in [-0.15, -0.1) is 0 Å². The summed E-state index contributed by atoms with van der Waals surface area (Å²) in [6.45, 7) is 8.80. The predicted molar refractivity (Wildman–Crippen MR) is 144 cm³/mol. The number of hydrogen-bond donors (Lipinski definition) is 1. The van der Waals surface area contributed by atoms with Crippen LogP contribution in [0, 0.1) is 13.8 Å². The van der Waals surface area contributed by atoms with Crippen molar-refractivity contribution >= 4 is 49.2 Å². The van der Waals surface area contributed by atoms with Crippen LogP contribution >= 0.6 is 31.7 Å². The number of carbonyl (C=O) groups excluding carboxylic acids is 2. The molecule has 34 heavy (non-hydrogen) atoms. The Bertz CT molecular complexity index is 1070. The van der Waals surface area contributed by atoms with E-state index < -0.39 is 25.7 Å². The number of carbonyl (C=O) groups is 2. The maximum atomic E-state index is 13.1. The van der Waals surface area contributed by atoms with Crippen LogP contribution in [0.5, 0.6) is 0 Å². The summed E-state index contributed by atoms with van der Waals surface area (Å²) in [5.41, 5.74) is 3.52. The number of nitrogens with one attached hydrogen (secondary N) is 1. The van der Waals surface area contributed by atoms with Crippen molar-refractivity contribution < 1.29 is 14.3 Å². The average molecular weight is 599 g/mol. The molecule has 0 saturated carbocycles. The van der Waals surface area contributed by atoms with Gasteiger partial charge in [-0.1, -0.05) is 0 Å². The molecule has 2 amide bonds. The van der Waals surface area contributed by atoms with Gasteiger partial charge in [0.2, 0.25) is 0 Å². The van der Waals surface area contributed by atoms with Gasteiger partial charge >= 0.3 is 208 Å². The summed E-state index contributed by atoms with van der Waals surface area (Å²) in [6.07, 6.45) is 3.34. The van der Waals surface area contributed by atoms with Gasteiger partial charge in [-0.05, 0) is 6.92 Å². The third kappa shape index (κ3) is 5.56. The molecule has 2 aromatic rings. The number of benzene rings is 1. The van der Waals surface area contributed by atoms with Crippen LogP contribution in [-0.4, -0.2) is 59.6 Å². The molecule has 1 aromatic carbocycles. The standard InChI is InChI=1S/C25H32ClIN4O3/c1-17-6-7-19(14-28-17)23(32)29-22-13-21(26)12-20(18(22)2)15-30-9-10-31(27(4)16-30)24(33)25(3)8-5-11-34-25/h6-7,12-14H,5,8-11,15-16H2,1-4H3,(H,29,32)/t25-/m0/s1. The Morgan fingerprint density at radius 2 is 2.06 bits per heavy atom. The van der Waals surface area contributed by atoms with Crippen molar-refractivity contribution in [3.05, 3.63) is 57.9 Å². The Kier molecular flexibility index (Phi) is 7.81. The normalized spacial score (nSPS) is 22.1. The molecule has 2 fully saturated rings. The minimum absolute atomic E-state index is 0.173. The first kappa shape index (κ1) is 25.3. The molecule has 7 nitrogen and oxygen atoms in total. The first-order valence-electron chi connectivity index (χ1n) is 11.4. The van der Waals surface area contributed by atoms with Gasteiger partial charge in [0.1, 0.15) is 0 Å². The Morgan fingerprint density at radius 1 is 1.26 bits per heavy atom. The number of hydrogen-bond acceptors (Lipinski definition) is 5. The van der Waals surface area contributed by atoms with Gasteiger partial charge in [0.15, 0.2) is 0 Å². The SMILES string of the molecule is Cc1ccc(C(=O)Nc2cc(Cl)cc(CN3CCN(C(=O)[C@]4(C)CCCO4)I(C)C3)c2C)cn1. The van der Waals surface area contributed by atoms with Crippen LogP contribution in [0.1, 0.15) is 46.9 Å². The fourth-order valence-corrected chi connectivity index (χ4v) is 9.25. The molecule has 1 aromatic heterocycles. The molecule has 0 unspecified atom stereocenters. The number of aromatic nitrogens is 1. The zero-order chi connectivity index (χ0) is 24.5. The average Bonchev–Trinajstić information content (AvgIpc) is 3.25. The molecule has 0 spiro atoms. The van der Waals surface area contributed by atoms with Crippen molar-refractivity contribution in [2.45, 2.75) is 45.8 Å². The summed E-state index contributed by atoms with van der Waals surface area (Å²) < 4.78 is 8.85. The van der Waals surface area contributed by atoms with Crippen LogP contribution in [0.25, 0.3) is 0 Å². The van der Waals surface area contributed by atoms with Crippen molar-refractivity contribution in [1.82, 2.24) is 13.0 Å². The van der Waals surface area contributed by atoms with E-state index in [4.69, 9.17) is 16.3 Å². The van der Waals surface area contributed by atoms with E-state index in [0.29, 0.717) is 22.9 Å². The molecule has 1 atom stereocenters. The monoisotopic (exact) mass is 598 g/mol. The van der Waals surface area contributed by atoms with E-state index in [9.17, 15) is 9.59 Å². The number of aryl methyl sites for hydroxylation is 1. The van der Waals surface area contributed by atoms with Crippen molar-refractivity contribution in [3.63, 3.8) is 0 Å². The van der Waals surface area contributed by atoms with Gasteiger partial charge in [-0.3, -0.25) is 0 Å². The molecule has 4 rings (SSSR count).